The van der Waals surface area contributed by atoms with Crippen LogP contribution in [0.3, 0.4) is 0 Å². The molecule has 1 aromatic carbocycles. The summed E-state index contributed by atoms with van der Waals surface area (Å²) in [6, 6.07) is 11.9. The fourth-order valence-corrected chi connectivity index (χ4v) is 4.67. The van der Waals surface area contributed by atoms with Gasteiger partial charge >= 0.3 is 0 Å². The van der Waals surface area contributed by atoms with Gasteiger partial charge in [-0.05, 0) is 56.5 Å². The molecule has 0 amide bonds. The summed E-state index contributed by atoms with van der Waals surface area (Å²) in [5, 5.41) is 14.8. The quantitative estimate of drug-likeness (QED) is 0.603. The maximum Gasteiger partial charge on any atom is 0.278 e. The zero-order valence-corrected chi connectivity index (χ0v) is 15.0. The number of nitro benzene ring substituents is 1. The van der Waals surface area contributed by atoms with Gasteiger partial charge in [0.05, 0.1) is 10.5 Å². The minimum atomic E-state index is -0.307. The third-order valence-corrected chi connectivity index (χ3v) is 6.26. The van der Waals surface area contributed by atoms with Gasteiger partial charge in [-0.15, -0.1) is 11.3 Å². The van der Waals surface area contributed by atoms with Gasteiger partial charge in [0.25, 0.3) is 5.69 Å². The number of hydrogen-bond acceptors (Lipinski definition) is 5. The van der Waals surface area contributed by atoms with E-state index in [9.17, 15) is 10.1 Å². The Labute approximate surface area is 151 Å². The first-order valence-electron chi connectivity index (χ1n) is 8.98. The Morgan fingerprint density at radius 1 is 1.20 bits per heavy atom. The lowest BCUT2D eigenvalue weighted by Crippen LogP contribution is -2.27. The molecule has 2 aromatic rings. The number of nitrogens with one attached hydrogen (secondary N) is 1. The molecule has 0 bridgehead atoms. The lowest BCUT2D eigenvalue weighted by molar-refractivity contribution is -0.384. The van der Waals surface area contributed by atoms with Gasteiger partial charge in [0.1, 0.15) is 0 Å². The molecule has 6 heteroatoms. The monoisotopic (exact) mass is 357 g/mol. The maximum atomic E-state index is 11.2. The zero-order valence-electron chi connectivity index (χ0n) is 14.2. The predicted octanol–water partition coefficient (Wildman–Crippen LogP) is 3.90. The van der Waals surface area contributed by atoms with Crippen LogP contribution in [0.4, 0.5) is 5.69 Å². The molecule has 1 unspecified atom stereocenters. The summed E-state index contributed by atoms with van der Waals surface area (Å²) in [6.07, 6.45) is 4.09. The van der Waals surface area contributed by atoms with E-state index in [-0.39, 0.29) is 10.6 Å². The summed E-state index contributed by atoms with van der Waals surface area (Å²) in [6.45, 7) is 4.40. The molecule has 132 valence electrons. The van der Waals surface area contributed by atoms with Gasteiger partial charge in [-0.25, -0.2) is 0 Å². The summed E-state index contributed by atoms with van der Waals surface area (Å²) < 4.78 is 0. The highest BCUT2D eigenvalue weighted by molar-refractivity contribution is 7.15. The number of rotatable bonds is 7. The number of para-hydroxylation sites is 1. The summed E-state index contributed by atoms with van der Waals surface area (Å²) >= 11 is 1.64. The highest BCUT2D eigenvalue weighted by Crippen LogP contribution is 2.35. The van der Waals surface area contributed by atoms with E-state index in [2.05, 4.69) is 16.3 Å². The van der Waals surface area contributed by atoms with Crippen LogP contribution in [0.25, 0.3) is 10.4 Å². The zero-order chi connectivity index (χ0) is 17.2. The molecule has 1 aromatic heterocycles. The molecule has 1 N–H and O–H groups in total. The van der Waals surface area contributed by atoms with Crippen molar-refractivity contribution in [3.05, 3.63) is 51.4 Å². The predicted molar refractivity (Wildman–Crippen MR) is 101 cm³/mol. The van der Waals surface area contributed by atoms with Crippen LogP contribution in [0.2, 0.25) is 0 Å². The molecule has 2 heterocycles. The molecule has 4 rings (SSSR count). The van der Waals surface area contributed by atoms with E-state index in [4.69, 9.17) is 0 Å². The van der Waals surface area contributed by atoms with E-state index in [0.29, 0.717) is 5.56 Å². The minimum absolute atomic E-state index is 0.176. The Balaban J connectivity index is 1.32. The van der Waals surface area contributed by atoms with E-state index < -0.39 is 0 Å². The van der Waals surface area contributed by atoms with Gasteiger partial charge in [0, 0.05) is 35.0 Å². The number of nitrogens with zero attached hydrogens (tertiary/aromatic N) is 2. The standard InChI is InChI=1S/C19H23N3O2S/c23-22(24)18-4-2-1-3-17(18)19-8-7-16(25-19)12-20-11-14-9-10-21(13-14)15-5-6-15/h1-4,7-8,14-15,20H,5-6,9-13H2. The van der Waals surface area contributed by atoms with Crippen molar-refractivity contribution in [2.75, 3.05) is 19.6 Å². The van der Waals surface area contributed by atoms with Gasteiger partial charge < -0.3 is 10.2 Å². The second-order valence-corrected chi connectivity index (χ2v) is 8.22. The van der Waals surface area contributed by atoms with Crippen molar-refractivity contribution >= 4 is 17.0 Å². The van der Waals surface area contributed by atoms with Gasteiger partial charge in [-0.1, -0.05) is 12.1 Å². The summed E-state index contributed by atoms with van der Waals surface area (Å²) in [5.41, 5.74) is 0.884. The molecular weight excluding hydrogens is 334 g/mol. The van der Waals surface area contributed by atoms with Crippen molar-refractivity contribution in [3.63, 3.8) is 0 Å². The van der Waals surface area contributed by atoms with E-state index in [1.54, 1.807) is 23.5 Å². The van der Waals surface area contributed by atoms with Crippen molar-refractivity contribution < 1.29 is 4.92 Å². The lowest BCUT2D eigenvalue weighted by atomic mass is 10.1. The second kappa shape index (κ2) is 7.23. The fourth-order valence-electron chi connectivity index (χ4n) is 3.66. The first kappa shape index (κ1) is 16.7. The largest absolute Gasteiger partial charge is 0.312 e. The average Bonchev–Trinajstić information content (AvgIpc) is 3.17. The average molecular weight is 357 g/mol. The molecule has 2 aliphatic rings. The molecule has 0 radical (unpaired) electrons. The van der Waals surface area contributed by atoms with Crippen LogP contribution in [0, 0.1) is 16.0 Å². The number of nitro groups is 1. The third kappa shape index (κ3) is 3.92. The maximum absolute atomic E-state index is 11.2. The minimum Gasteiger partial charge on any atom is -0.312 e. The molecule has 1 aliphatic carbocycles. The molecule has 2 fully saturated rings. The van der Waals surface area contributed by atoms with Gasteiger partial charge in [0.2, 0.25) is 0 Å². The normalized spacial score (nSPS) is 20.9. The molecule has 1 aliphatic heterocycles. The van der Waals surface area contributed by atoms with E-state index in [1.165, 1.54) is 37.2 Å². The van der Waals surface area contributed by atoms with Crippen LogP contribution in [0.1, 0.15) is 24.1 Å². The third-order valence-electron chi connectivity index (χ3n) is 5.14. The Morgan fingerprint density at radius 2 is 2.04 bits per heavy atom. The van der Waals surface area contributed by atoms with E-state index >= 15 is 0 Å². The molecule has 1 saturated heterocycles. The second-order valence-electron chi connectivity index (χ2n) is 7.05. The van der Waals surface area contributed by atoms with Crippen LogP contribution < -0.4 is 5.32 Å². The molecule has 0 spiro atoms. The van der Waals surface area contributed by atoms with E-state index in [1.807, 2.05) is 18.2 Å². The Bertz CT molecular complexity index is 757. The smallest absolute Gasteiger partial charge is 0.278 e. The van der Waals surface area contributed by atoms with Crippen LogP contribution in [-0.4, -0.2) is 35.5 Å². The highest BCUT2D eigenvalue weighted by Gasteiger charge is 2.34. The van der Waals surface area contributed by atoms with Gasteiger partial charge in [-0.3, -0.25) is 10.1 Å². The molecule has 5 nitrogen and oxygen atoms in total. The first-order valence-corrected chi connectivity index (χ1v) is 9.79. The van der Waals surface area contributed by atoms with Gasteiger partial charge in [-0.2, -0.15) is 0 Å². The number of thiophene rings is 1. The van der Waals surface area contributed by atoms with Crippen molar-refractivity contribution in [3.8, 4) is 10.4 Å². The van der Waals surface area contributed by atoms with Crippen molar-refractivity contribution in [2.24, 2.45) is 5.92 Å². The molecule has 1 saturated carbocycles. The van der Waals surface area contributed by atoms with E-state index in [0.717, 1.165) is 29.9 Å². The number of benzene rings is 1. The summed E-state index contributed by atoms with van der Waals surface area (Å²) in [7, 11) is 0. The van der Waals surface area contributed by atoms with Crippen molar-refractivity contribution in [1.29, 1.82) is 0 Å². The first-order chi connectivity index (χ1) is 12.2. The van der Waals surface area contributed by atoms with Crippen LogP contribution >= 0.6 is 11.3 Å². The van der Waals surface area contributed by atoms with Crippen LogP contribution in [-0.2, 0) is 6.54 Å². The molecule has 25 heavy (non-hydrogen) atoms. The highest BCUT2D eigenvalue weighted by atomic mass is 32.1. The number of hydrogen-bond donors (Lipinski definition) is 1. The topological polar surface area (TPSA) is 58.4 Å². The molecule has 1 atom stereocenters. The summed E-state index contributed by atoms with van der Waals surface area (Å²) in [4.78, 5) is 15.7. The fraction of sp³-hybridized carbons (Fsp3) is 0.474. The van der Waals surface area contributed by atoms with Crippen LogP contribution in [0.5, 0.6) is 0 Å². The molecular formula is C19H23N3O2S. The summed E-state index contributed by atoms with van der Waals surface area (Å²) in [5.74, 6) is 0.759. The Kier molecular flexibility index (Phi) is 4.83. The SMILES string of the molecule is O=[N+]([O-])c1ccccc1-c1ccc(CNCC2CCN(C3CC3)C2)s1. The number of likely N-dealkylation sites (tertiary alicyclic amines) is 1. The van der Waals surface area contributed by atoms with Crippen LogP contribution in [0.15, 0.2) is 36.4 Å². The Morgan fingerprint density at radius 3 is 2.84 bits per heavy atom. The van der Waals surface area contributed by atoms with Crippen molar-refractivity contribution in [2.45, 2.75) is 31.8 Å². The van der Waals surface area contributed by atoms with Gasteiger partial charge in [0.15, 0.2) is 0 Å². The Hall–Kier alpha value is -1.76. The lowest BCUT2D eigenvalue weighted by Gasteiger charge is -2.14. The van der Waals surface area contributed by atoms with Crippen molar-refractivity contribution in [1.82, 2.24) is 10.2 Å².